The Labute approximate surface area is 143 Å². The van der Waals surface area contributed by atoms with Crippen LogP contribution in [0.2, 0.25) is 0 Å². The van der Waals surface area contributed by atoms with Gasteiger partial charge in [0.05, 0.1) is 4.70 Å². The maximum Gasteiger partial charge on any atom is 0.219 e. The number of carbonyl (C=O) groups is 1. The van der Waals surface area contributed by atoms with E-state index in [4.69, 9.17) is 0 Å². The van der Waals surface area contributed by atoms with E-state index in [2.05, 4.69) is 20.1 Å². The minimum absolute atomic E-state index is 0.0670. The number of benzene rings is 1. The second kappa shape index (κ2) is 7.40. The van der Waals surface area contributed by atoms with Crippen LogP contribution in [0.5, 0.6) is 0 Å². The number of hydrogen-bond acceptors (Lipinski definition) is 5. The van der Waals surface area contributed by atoms with Crippen LogP contribution in [0.15, 0.2) is 12.1 Å². The fourth-order valence-electron chi connectivity index (χ4n) is 2.72. The Morgan fingerprint density at radius 1 is 1.29 bits per heavy atom. The molecule has 1 aromatic heterocycles. The largest absolute Gasteiger partial charge is 0.355 e. The third-order valence-corrected chi connectivity index (χ3v) is 5.18. The van der Waals surface area contributed by atoms with Gasteiger partial charge in [0.1, 0.15) is 11.3 Å². The summed E-state index contributed by atoms with van der Waals surface area (Å²) in [5.41, 5.74) is 0.237. The molecule has 1 aliphatic heterocycles. The van der Waals surface area contributed by atoms with Crippen molar-refractivity contribution in [1.29, 1.82) is 0 Å². The SMILES string of the molecule is CCC(=O)NCCN1CCN(c2nc3c(F)cc(F)cc3s2)CC1. The van der Waals surface area contributed by atoms with Gasteiger partial charge in [-0.1, -0.05) is 18.3 Å². The Kier molecular flexibility index (Phi) is 5.25. The predicted octanol–water partition coefficient (Wildman–Crippen LogP) is 2.22. The van der Waals surface area contributed by atoms with Gasteiger partial charge in [0, 0.05) is 51.8 Å². The number of thiazole rings is 1. The molecule has 1 aromatic carbocycles. The zero-order valence-corrected chi connectivity index (χ0v) is 14.3. The molecule has 0 aliphatic carbocycles. The molecule has 8 heteroatoms. The predicted molar refractivity (Wildman–Crippen MR) is 91.5 cm³/mol. The molecule has 130 valence electrons. The molecule has 0 radical (unpaired) electrons. The summed E-state index contributed by atoms with van der Waals surface area (Å²) in [4.78, 5) is 19.9. The molecule has 0 unspecified atom stereocenters. The topological polar surface area (TPSA) is 48.5 Å². The molecule has 24 heavy (non-hydrogen) atoms. The number of nitrogens with zero attached hydrogens (tertiary/aromatic N) is 3. The number of nitrogens with one attached hydrogen (secondary N) is 1. The first-order chi connectivity index (χ1) is 11.6. The smallest absolute Gasteiger partial charge is 0.219 e. The van der Waals surface area contributed by atoms with E-state index < -0.39 is 11.6 Å². The molecule has 1 aliphatic rings. The maximum absolute atomic E-state index is 13.8. The highest BCUT2D eigenvalue weighted by atomic mass is 32.1. The van der Waals surface area contributed by atoms with E-state index in [9.17, 15) is 13.6 Å². The molecule has 3 rings (SSSR count). The summed E-state index contributed by atoms with van der Waals surface area (Å²) >= 11 is 1.32. The molecule has 1 amide bonds. The Hall–Kier alpha value is -1.80. The third kappa shape index (κ3) is 3.81. The van der Waals surface area contributed by atoms with Gasteiger partial charge in [0.25, 0.3) is 0 Å². The van der Waals surface area contributed by atoms with Crippen molar-refractivity contribution in [2.75, 3.05) is 44.2 Å². The summed E-state index contributed by atoms with van der Waals surface area (Å²) in [6.07, 6.45) is 0.503. The average Bonchev–Trinajstić information content (AvgIpc) is 2.99. The van der Waals surface area contributed by atoms with Gasteiger partial charge in [-0.3, -0.25) is 9.69 Å². The molecule has 0 saturated carbocycles. The molecule has 1 N–H and O–H groups in total. The van der Waals surface area contributed by atoms with Gasteiger partial charge in [0.15, 0.2) is 10.9 Å². The van der Waals surface area contributed by atoms with Crippen molar-refractivity contribution >= 4 is 32.6 Å². The molecule has 0 bridgehead atoms. The van der Waals surface area contributed by atoms with Crippen LogP contribution in [0.4, 0.5) is 13.9 Å². The lowest BCUT2D eigenvalue weighted by Gasteiger charge is -2.34. The van der Waals surface area contributed by atoms with E-state index in [0.717, 1.165) is 43.9 Å². The van der Waals surface area contributed by atoms with Gasteiger partial charge < -0.3 is 10.2 Å². The molecule has 5 nitrogen and oxygen atoms in total. The summed E-state index contributed by atoms with van der Waals surface area (Å²) in [7, 11) is 0. The van der Waals surface area contributed by atoms with Crippen LogP contribution < -0.4 is 10.2 Å². The van der Waals surface area contributed by atoms with Crippen molar-refractivity contribution in [1.82, 2.24) is 15.2 Å². The minimum Gasteiger partial charge on any atom is -0.355 e. The van der Waals surface area contributed by atoms with E-state index in [1.165, 1.54) is 17.4 Å². The van der Waals surface area contributed by atoms with Crippen molar-refractivity contribution in [2.45, 2.75) is 13.3 Å². The summed E-state index contributed by atoms with van der Waals surface area (Å²) < 4.78 is 27.6. The number of aromatic nitrogens is 1. The number of piperazine rings is 1. The van der Waals surface area contributed by atoms with E-state index in [0.29, 0.717) is 17.7 Å². The lowest BCUT2D eigenvalue weighted by molar-refractivity contribution is -0.120. The number of fused-ring (bicyclic) bond motifs is 1. The number of hydrogen-bond donors (Lipinski definition) is 1. The molecule has 0 spiro atoms. The minimum atomic E-state index is -0.613. The number of amides is 1. The van der Waals surface area contributed by atoms with E-state index >= 15 is 0 Å². The molecule has 2 aromatic rings. The van der Waals surface area contributed by atoms with Gasteiger partial charge in [-0.05, 0) is 6.07 Å². The van der Waals surface area contributed by atoms with Crippen LogP contribution in [-0.2, 0) is 4.79 Å². The second-order valence-electron chi connectivity index (χ2n) is 5.76. The zero-order chi connectivity index (χ0) is 17.1. The van der Waals surface area contributed by atoms with E-state index in [1.54, 1.807) is 0 Å². The van der Waals surface area contributed by atoms with Crippen molar-refractivity contribution in [3.8, 4) is 0 Å². The molecule has 2 heterocycles. The summed E-state index contributed by atoms with van der Waals surface area (Å²) in [5, 5.41) is 3.60. The average molecular weight is 354 g/mol. The van der Waals surface area contributed by atoms with Crippen molar-refractivity contribution in [3.63, 3.8) is 0 Å². The monoisotopic (exact) mass is 354 g/mol. The van der Waals surface area contributed by atoms with Gasteiger partial charge >= 0.3 is 0 Å². The molecule has 1 fully saturated rings. The third-order valence-electron chi connectivity index (χ3n) is 4.12. The Bertz CT molecular complexity index is 728. The lowest BCUT2D eigenvalue weighted by Crippen LogP contribution is -2.48. The maximum atomic E-state index is 13.8. The van der Waals surface area contributed by atoms with E-state index in [1.807, 2.05) is 6.92 Å². The Morgan fingerprint density at radius 2 is 2.04 bits per heavy atom. The van der Waals surface area contributed by atoms with Crippen LogP contribution in [0, 0.1) is 11.6 Å². The fourth-order valence-corrected chi connectivity index (χ4v) is 3.78. The summed E-state index contributed by atoms with van der Waals surface area (Å²) in [6, 6.07) is 2.20. The molecule has 0 atom stereocenters. The Morgan fingerprint density at radius 3 is 2.75 bits per heavy atom. The molecular weight excluding hydrogens is 334 g/mol. The van der Waals surface area contributed by atoms with Crippen LogP contribution >= 0.6 is 11.3 Å². The quantitative estimate of drug-likeness (QED) is 0.895. The first-order valence-corrected chi connectivity index (χ1v) is 8.88. The normalized spacial score (nSPS) is 15.9. The van der Waals surface area contributed by atoms with Crippen molar-refractivity contribution in [3.05, 3.63) is 23.8 Å². The Balaban J connectivity index is 1.57. The van der Waals surface area contributed by atoms with E-state index in [-0.39, 0.29) is 11.4 Å². The van der Waals surface area contributed by atoms with Gasteiger partial charge in [0.2, 0.25) is 5.91 Å². The second-order valence-corrected chi connectivity index (χ2v) is 6.77. The van der Waals surface area contributed by atoms with Crippen molar-refractivity contribution in [2.24, 2.45) is 0 Å². The zero-order valence-electron chi connectivity index (χ0n) is 13.5. The van der Waals surface area contributed by atoms with Gasteiger partial charge in [-0.15, -0.1) is 0 Å². The van der Waals surface area contributed by atoms with Crippen LogP contribution in [0.3, 0.4) is 0 Å². The molecule has 1 saturated heterocycles. The highest BCUT2D eigenvalue weighted by Gasteiger charge is 2.20. The number of carbonyl (C=O) groups excluding carboxylic acids is 1. The molecular formula is C16H20F2N4OS. The van der Waals surface area contributed by atoms with Crippen molar-refractivity contribution < 1.29 is 13.6 Å². The van der Waals surface area contributed by atoms with Crippen LogP contribution in [-0.4, -0.2) is 55.1 Å². The number of rotatable bonds is 5. The van der Waals surface area contributed by atoms with Gasteiger partial charge in [-0.2, -0.15) is 0 Å². The highest BCUT2D eigenvalue weighted by molar-refractivity contribution is 7.22. The standard InChI is InChI=1S/C16H20F2N4OS/c1-2-14(23)19-3-4-21-5-7-22(8-6-21)16-20-15-12(18)9-11(17)10-13(15)24-16/h9-10H,2-8H2,1H3,(H,19,23). The summed E-state index contributed by atoms with van der Waals surface area (Å²) in [5.74, 6) is -1.12. The number of halogens is 2. The van der Waals surface area contributed by atoms with Crippen LogP contribution in [0.25, 0.3) is 10.2 Å². The highest BCUT2D eigenvalue weighted by Crippen LogP contribution is 2.31. The number of anilines is 1. The first kappa shape index (κ1) is 17.0. The summed E-state index contributed by atoms with van der Waals surface area (Å²) in [6.45, 7) is 6.58. The van der Waals surface area contributed by atoms with Gasteiger partial charge in [-0.25, -0.2) is 13.8 Å². The van der Waals surface area contributed by atoms with Crippen LogP contribution in [0.1, 0.15) is 13.3 Å². The first-order valence-electron chi connectivity index (χ1n) is 8.06. The lowest BCUT2D eigenvalue weighted by atomic mass is 10.3. The fraction of sp³-hybridized carbons (Fsp3) is 0.500.